The molecule has 0 bridgehead atoms. The first-order valence-electron chi connectivity index (χ1n) is 7.90. The van der Waals surface area contributed by atoms with Crippen LogP contribution in [0.1, 0.15) is 46.1 Å². The summed E-state index contributed by atoms with van der Waals surface area (Å²) in [4.78, 5) is 35.2. The standard InChI is InChI=1S/C17H26N2O4S/c1-11(20)18-14(9-12-6-8-24-10-12)15(21)19-13(16(22)23)5-7-17(2,3)4/h6,8,10,13-14H,5,7,9H2,1-4H3,(H,18,20)(H,19,21)(H,22,23)/t13-,14-/m0/s1. The molecule has 134 valence electrons. The van der Waals surface area contributed by atoms with Crippen molar-refractivity contribution in [2.24, 2.45) is 5.41 Å². The molecule has 3 N–H and O–H groups in total. The van der Waals surface area contributed by atoms with Crippen LogP contribution in [-0.2, 0) is 20.8 Å². The van der Waals surface area contributed by atoms with Gasteiger partial charge in [0, 0.05) is 13.3 Å². The zero-order chi connectivity index (χ0) is 18.3. The van der Waals surface area contributed by atoms with Crippen molar-refractivity contribution in [3.05, 3.63) is 22.4 Å². The van der Waals surface area contributed by atoms with Gasteiger partial charge in [-0.25, -0.2) is 4.79 Å². The first kappa shape index (κ1) is 20.2. The smallest absolute Gasteiger partial charge is 0.326 e. The lowest BCUT2D eigenvalue weighted by Gasteiger charge is -2.24. The third kappa shape index (κ3) is 7.59. The van der Waals surface area contributed by atoms with Crippen molar-refractivity contribution in [1.82, 2.24) is 10.6 Å². The highest BCUT2D eigenvalue weighted by Crippen LogP contribution is 2.21. The molecule has 0 unspecified atom stereocenters. The van der Waals surface area contributed by atoms with Crippen molar-refractivity contribution < 1.29 is 19.5 Å². The zero-order valence-electron chi connectivity index (χ0n) is 14.6. The Labute approximate surface area is 146 Å². The molecule has 0 saturated heterocycles. The number of carbonyl (C=O) groups is 3. The second kappa shape index (κ2) is 8.82. The van der Waals surface area contributed by atoms with Crippen molar-refractivity contribution in [2.75, 3.05) is 0 Å². The second-order valence-corrected chi connectivity index (χ2v) is 7.87. The summed E-state index contributed by atoms with van der Waals surface area (Å²) in [5, 5.41) is 18.3. The second-order valence-electron chi connectivity index (χ2n) is 7.09. The Bertz CT molecular complexity index is 564. The van der Waals surface area contributed by atoms with Crippen LogP contribution >= 0.6 is 11.3 Å². The number of hydrogen-bond acceptors (Lipinski definition) is 4. The van der Waals surface area contributed by atoms with E-state index in [1.165, 1.54) is 18.3 Å². The van der Waals surface area contributed by atoms with Gasteiger partial charge in [0.15, 0.2) is 0 Å². The molecular formula is C17H26N2O4S. The van der Waals surface area contributed by atoms with E-state index in [1.807, 2.05) is 37.6 Å². The summed E-state index contributed by atoms with van der Waals surface area (Å²) < 4.78 is 0. The summed E-state index contributed by atoms with van der Waals surface area (Å²) in [6.45, 7) is 7.39. The van der Waals surface area contributed by atoms with E-state index >= 15 is 0 Å². The van der Waals surface area contributed by atoms with Gasteiger partial charge in [-0.15, -0.1) is 0 Å². The summed E-state index contributed by atoms with van der Waals surface area (Å²) in [7, 11) is 0. The van der Waals surface area contributed by atoms with Crippen molar-refractivity contribution in [3.63, 3.8) is 0 Å². The molecule has 0 aliphatic carbocycles. The highest BCUT2D eigenvalue weighted by molar-refractivity contribution is 7.07. The highest BCUT2D eigenvalue weighted by Gasteiger charge is 2.27. The molecule has 0 saturated carbocycles. The van der Waals surface area contributed by atoms with E-state index < -0.39 is 24.0 Å². The van der Waals surface area contributed by atoms with Crippen LogP contribution in [0.3, 0.4) is 0 Å². The molecule has 1 rings (SSSR count). The average molecular weight is 354 g/mol. The Morgan fingerprint density at radius 1 is 1.21 bits per heavy atom. The quantitative estimate of drug-likeness (QED) is 0.667. The molecule has 0 aliphatic heterocycles. The minimum absolute atomic E-state index is 0.0217. The predicted molar refractivity (Wildman–Crippen MR) is 93.9 cm³/mol. The molecule has 1 aromatic heterocycles. The summed E-state index contributed by atoms with van der Waals surface area (Å²) in [6.07, 6.45) is 1.34. The molecule has 0 spiro atoms. The Kier molecular flexibility index (Phi) is 7.41. The van der Waals surface area contributed by atoms with Gasteiger partial charge in [0.1, 0.15) is 12.1 Å². The van der Waals surface area contributed by atoms with E-state index in [-0.39, 0.29) is 11.3 Å². The molecule has 0 aliphatic rings. The van der Waals surface area contributed by atoms with Gasteiger partial charge in [0.05, 0.1) is 0 Å². The van der Waals surface area contributed by atoms with Crippen molar-refractivity contribution >= 4 is 29.1 Å². The minimum Gasteiger partial charge on any atom is -0.480 e. The van der Waals surface area contributed by atoms with Gasteiger partial charge in [-0.05, 0) is 40.6 Å². The van der Waals surface area contributed by atoms with Gasteiger partial charge < -0.3 is 15.7 Å². The fraction of sp³-hybridized carbons (Fsp3) is 0.588. The maximum atomic E-state index is 12.5. The SMILES string of the molecule is CC(=O)N[C@@H](Cc1ccsc1)C(=O)N[C@@H](CCC(C)(C)C)C(=O)O. The maximum Gasteiger partial charge on any atom is 0.326 e. The van der Waals surface area contributed by atoms with Crippen molar-refractivity contribution in [1.29, 1.82) is 0 Å². The molecule has 7 heteroatoms. The number of hydrogen-bond donors (Lipinski definition) is 3. The largest absolute Gasteiger partial charge is 0.480 e. The minimum atomic E-state index is -1.07. The fourth-order valence-corrected chi connectivity index (χ4v) is 2.89. The molecule has 6 nitrogen and oxygen atoms in total. The normalized spacial score (nSPS) is 13.8. The lowest BCUT2D eigenvalue weighted by Crippen LogP contribution is -2.52. The first-order chi connectivity index (χ1) is 11.1. The highest BCUT2D eigenvalue weighted by atomic mass is 32.1. The molecule has 2 amide bonds. The average Bonchev–Trinajstić information content (AvgIpc) is 2.93. The lowest BCUT2D eigenvalue weighted by atomic mass is 9.88. The number of amides is 2. The number of thiophene rings is 1. The summed E-state index contributed by atoms with van der Waals surface area (Å²) in [5.41, 5.74) is 0.905. The van der Waals surface area contributed by atoms with Crippen LogP contribution in [0.4, 0.5) is 0 Å². The van der Waals surface area contributed by atoms with Crippen LogP contribution in [0.15, 0.2) is 16.8 Å². The number of aliphatic carboxylic acids is 1. The number of rotatable bonds is 8. The van der Waals surface area contributed by atoms with Crippen LogP contribution in [0.25, 0.3) is 0 Å². The van der Waals surface area contributed by atoms with Gasteiger partial charge in [0.2, 0.25) is 11.8 Å². The number of nitrogens with one attached hydrogen (secondary N) is 2. The van der Waals surface area contributed by atoms with E-state index in [0.717, 1.165) is 5.56 Å². The molecule has 2 atom stereocenters. The van der Waals surface area contributed by atoms with Gasteiger partial charge in [-0.3, -0.25) is 9.59 Å². The molecule has 0 radical (unpaired) electrons. The van der Waals surface area contributed by atoms with E-state index in [2.05, 4.69) is 10.6 Å². The molecule has 1 aromatic rings. The molecule has 0 aromatic carbocycles. The van der Waals surface area contributed by atoms with Crippen LogP contribution < -0.4 is 10.6 Å². The summed E-state index contributed by atoms with van der Waals surface area (Å²) in [5.74, 6) is -1.87. The van der Waals surface area contributed by atoms with E-state index in [0.29, 0.717) is 19.3 Å². The Balaban J connectivity index is 2.75. The molecule has 0 fully saturated rings. The van der Waals surface area contributed by atoms with Gasteiger partial charge >= 0.3 is 5.97 Å². The van der Waals surface area contributed by atoms with E-state index in [4.69, 9.17) is 0 Å². The monoisotopic (exact) mass is 354 g/mol. The molecule has 1 heterocycles. The lowest BCUT2D eigenvalue weighted by molar-refractivity contribution is -0.142. The molecular weight excluding hydrogens is 328 g/mol. The predicted octanol–water partition coefficient (Wildman–Crippen LogP) is 2.19. The Morgan fingerprint density at radius 3 is 2.33 bits per heavy atom. The Hall–Kier alpha value is -1.89. The van der Waals surface area contributed by atoms with Crippen LogP contribution in [-0.4, -0.2) is 35.0 Å². The third-order valence-corrected chi connectivity index (χ3v) is 4.24. The van der Waals surface area contributed by atoms with Crippen molar-refractivity contribution in [2.45, 2.75) is 59.0 Å². The van der Waals surface area contributed by atoms with Gasteiger partial charge in [-0.2, -0.15) is 11.3 Å². The molecule has 24 heavy (non-hydrogen) atoms. The number of carbonyl (C=O) groups excluding carboxylic acids is 2. The maximum absolute atomic E-state index is 12.5. The summed E-state index contributed by atoms with van der Waals surface area (Å²) in [6, 6.07) is 0.130. The third-order valence-electron chi connectivity index (χ3n) is 3.51. The zero-order valence-corrected chi connectivity index (χ0v) is 15.4. The van der Waals surface area contributed by atoms with Crippen LogP contribution in [0.5, 0.6) is 0 Å². The van der Waals surface area contributed by atoms with Crippen molar-refractivity contribution in [3.8, 4) is 0 Å². The van der Waals surface area contributed by atoms with Gasteiger partial charge in [-0.1, -0.05) is 20.8 Å². The first-order valence-corrected chi connectivity index (χ1v) is 8.84. The Morgan fingerprint density at radius 2 is 1.88 bits per heavy atom. The summed E-state index contributed by atoms with van der Waals surface area (Å²) >= 11 is 1.50. The van der Waals surface area contributed by atoms with E-state index in [1.54, 1.807) is 0 Å². The van der Waals surface area contributed by atoms with Gasteiger partial charge in [0.25, 0.3) is 0 Å². The topological polar surface area (TPSA) is 95.5 Å². The number of carboxylic acid groups (broad SMARTS) is 1. The fourth-order valence-electron chi connectivity index (χ4n) is 2.21. The van der Waals surface area contributed by atoms with E-state index in [9.17, 15) is 19.5 Å². The number of carboxylic acids is 1. The van der Waals surface area contributed by atoms with Crippen LogP contribution in [0.2, 0.25) is 0 Å². The van der Waals surface area contributed by atoms with Crippen LogP contribution in [0, 0.1) is 5.41 Å².